The Kier molecular flexibility index (Phi) is 3.14. The number of rotatable bonds is 1. The van der Waals surface area contributed by atoms with Crippen molar-refractivity contribution in [1.29, 1.82) is 0 Å². The standard InChI is InChI=1S/C14H16N2O4/c1-14(2,3)16(13(18)19)11-7-9(12(17)20-4)5-6-10(11)8-15-16/h5-8H,1-4H3/p+1. The second-order valence-electron chi connectivity index (χ2n) is 5.60. The van der Waals surface area contributed by atoms with Crippen LogP contribution in [0, 0.1) is 0 Å². The van der Waals surface area contributed by atoms with E-state index in [4.69, 9.17) is 0 Å². The molecule has 1 N–H and O–H groups in total. The van der Waals surface area contributed by atoms with Gasteiger partial charge in [0.2, 0.25) is 0 Å². The fourth-order valence-electron chi connectivity index (χ4n) is 2.36. The number of nitrogens with zero attached hydrogens (tertiary/aromatic N) is 2. The predicted molar refractivity (Wildman–Crippen MR) is 74.9 cm³/mol. The number of quaternary nitrogens is 1. The van der Waals surface area contributed by atoms with Crippen LogP contribution < -0.4 is 4.59 Å². The molecule has 2 rings (SSSR count). The van der Waals surface area contributed by atoms with Gasteiger partial charge in [-0.05, 0) is 32.9 Å². The molecule has 106 valence electrons. The highest BCUT2D eigenvalue weighted by atomic mass is 16.5. The molecule has 0 aromatic heterocycles. The van der Waals surface area contributed by atoms with E-state index in [0.717, 1.165) is 0 Å². The molecule has 0 fully saturated rings. The van der Waals surface area contributed by atoms with Crippen molar-refractivity contribution >= 4 is 24.0 Å². The van der Waals surface area contributed by atoms with Crippen LogP contribution in [0.15, 0.2) is 23.3 Å². The van der Waals surface area contributed by atoms with Gasteiger partial charge in [-0.3, -0.25) is 0 Å². The Hall–Kier alpha value is -2.21. The highest BCUT2D eigenvalue weighted by Crippen LogP contribution is 2.40. The first kappa shape index (κ1) is 14.2. The largest absolute Gasteiger partial charge is 0.546 e. The van der Waals surface area contributed by atoms with Crippen molar-refractivity contribution in [3.05, 3.63) is 29.3 Å². The molecule has 0 saturated carbocycles. The molecule has 1 heterocycles. The van der Waals surface area contributed by atoms with Crippen LogP contribution in [0.5, 0.6) is 0 Å². The minimum absolute atomic E-state index is 0.310. The highest BCUT2D eigenvalue weighted by molar-refractivity contribution is 6.01. The number of fused-ring (bicyclic) bond motifs is 1. The Morgan fingerprint density at radius 3 is 2.45 bits per heavy atom. The number of carbonyl (C=O) groups is 2. The van der Waals surface area contributed by atoms with Gasteiger partial charge in [0.15, 0.2) is 5.69 Å². The van der Waals surface area contributed by atoms with Crippen molar-refractivity contribution in [2.75, 3.05) is 7.11 Å². The average Bonchev–Trinajstić information content (AvgIpc) is 2.76. The molecule has 0 radical (unpaired) electrons. The van der Waals surface area contributed by atoms with E-state index in [-0.39, 0.29) is 0 Å². The lowest BCUT2D eigenvalue weighted by atomic mass is 10.0. The third-order valence-corrected chi connectivity index (χ3v) is 3.42. The molecule has 1 aliphatic rings. The zero-order chi connectivity index (χ0) is 15.1. The molecule has 0 saturated heterocycles. The Labute approximate surface area is 116 Å². The number of esters is 1. The van der Waals surface area contributed by atoms with Crippen molar-refractivity contribution in [2.45, 2.75) is 26.3 Å². The Balaban J connectivity index is 2.68. The zero-order valence-electron chi connectivity index (χ0n) is 11.9. The van der Waals surface area contributed by atoms with E-state index in [1.807, 2.05) is 0 Å². The van der Waals surface area contributed by atoms with Crippen LogP contribution >= 0.6 is 0 Å². The van der Waals surface area contributed by atoms with E-state index in [1.54, 1.807) is 32.9 Å². The summed E-state index contributed by atoms with van der Waals surface area (Å²) in [6, 6.07) is 4.81. The molecule has 0 aliphatic carbocycles. The van der Waals surface area contributed by atoms with Gasteiger partial charge in [0.1, 0.15) is 5.54 Å². The maximum atomic E-state index is 11.8. The molecule has 1 unspecified atom stereocenters. The topological polar surface area (TPSA) is 76.0 Å². The van der Waals surface area contributed by atoms with Gasteiger partial charge in [0, 0.05) is 6.07 Å². The number of amides is 1. The van der Waals surface area contributed by atoms with Gasteiger partial charge in [0.25, 0.3) is 0 Å². The molecule has 1 aromatic carbocycles. The second kappa shape index (κ2) is 4.42. The van der Waals surface area contributed by atoms with E-state index in [1.165, 1.54) is 19.4 Å². The summed E-state index contributed by atoms with van der Waals surface area (Å²) in [5, 5.41) is 13.9. The van der Waals surface area contributed by atoms with Crippen LogP contribution in [-0.4, -0.2) is 36.0 Å². The first-order chi connectivity index (χ1) is 9.24. The summed E-state index contributed by atoms with van der Waals surface area (Å²) in [5.41, 5.74) is 0.773. The van der Waals surface area contributed by atoms with Crippen LogP contribution in [-0.2, 0) is 4.74 Å². The molecule has 1 aromatic rings. The number of ether oxygens (including phenoxy) is 1. The summed E-state index contributed by atoms with van der Waals surface area (Å²) in [6.45, 7) is 5.37. The molecule has 20 heavy (non-hydrogen) atoms. The van der Waals surface area contributed by atoms with Gasteiger partial charge >= 0.3 is 12.1 Å². The van der Waals surface area contributed by atoms with E-state index < -0.39 is 22.2 Å². The number of carbonyl (C=O) groups excluding carboxylic acids is 1. The smallest absolute Gasteiger partial charge is 0.465 e. The van der Waals surface area contributed by atoms with Gasteiger partial charge in [-0.1, -0.05) is 9.69 Å². The van der Waals surface area contributed by atoms with E-state index in [0.29, 0.717) is 16.8 Å². The Morgan fingerprint density at radius 2 is 1.95 bits per heavy atom. The molecular formula is C14H17N2O4+. The van der Waals surface area contributed by atoms with Gasteiger partial charge in [-0.2, -0.15) is 4.79 Å². The van der Waals surface area contributed by atoms with Crippen molar-refractivity contribution in [2.24, 2.45) is 5.10 Å². The van der Waals surface area contributed by atoms with Crippen molar-refractivity contribution in [1.82, 2.24) is 4.59 Å². The van der Waals surface area contributed by atoms with Crippen molar-refractivity contribution < 1.29 is 19.4 Å². The summed E-state index contributed by atoms with van der Waals surface area (Å²) < 4.78 is 4.09. The van der Waals surface area contributed by atoms with E-state index >= 15 is 0 Å². The Bertz CT molecular complexity index is 616. The summed E-state index contributed by atoms with van der Waals surface area (Å²) in [5.74, 6) is -0.503. The average molecular weight is 277 g/mol. The molecular weight excluding hydrogens is 260 g/mol. The maximum Gasteiger partial charge on any atom is 0.546 e. The molecule has 6 nitrogen and oxygen atoms in total. The van der Waals surface area contributed by atoms with E-state index in [9.17, 15) is 14.7 Å². The van der Waals surface area contributed by atoms with Crippen LogP contribution in [0.2, 0.25) is 0 Å². The van der Waals surface area contributed by atoms with E-state index in [2.05, 4.69) is 9.84 Å². The minimum atomic E-state index is -1.09. The van der Waals surface area contributed by atoms with Gasteiger partial charge in [0.05, 0.1) is 24.5 Å². The van der Waals surface area contributed by atoms with Gasteiger partial charge < -0.3 is 9.84 Å². The molecule has 1 aliphatic heterocycles. The molecule has 6 heteroatoms. The van der Waals surface area contributed by atoms with Crippen molar-refractivity contribution in [3.63, 3.8) is 0 Å². The lowest BCUT2D eigenvalue weighted by Gasteiger charge is -2.35. The van der Waals surface area contributed by atoms with Crippen LogP contribution in [0.1, 0.15) is 36.7 Å². The third-order valence-electron chi connectivity index (χ3n) is 3.42. The molecule has 1 amide bonds. The number of hydrogen-bond acceptors (Lipinski definition) is 4. The third kappa shape index (κ3) is 1.80. The first-order valence-corrected chi connectivity index (χ1v) is 6.15. The second-order valence-corrected chi connectivity index (χ2v) is 5.60. The fourth-order valence-corrected chi connectivity index (χ4v) is 2.36. The zero-order valence-corrected chi connectivity index (χ0v) is 11.9. The predicted octanol–water partition coefficient (Wildman–Crippen LogP) is 2.60. The van der Waals surface area contributed by atoms with Crippen molar-refractivity contribution in [3.8, 4) is 0 Å². The summed E-state index contributed by atoms with van der Waals surface area (Å²) in [6.07, 6.45) is 0.435. The molecule has 0 bridgehead atoms. The minimum Gasteiger partial charge on any atom is -0.465 e. The number of methoxy groups -OCH3 is 1. The van der Waals surface area contributed by atoms with Crippen LogP contribution in [0.25, 0.3) is 0 Å². The summed E-state index contributed by atoms with van der Waals surface area (Å²) in [4.78, 5) is 23.5. The highest BCUT2D eigenvalue weighted by Gasteiger charge is 2.55. The fraction of sp³-hybridized carbons (Fsp3) is 0.357. The summed E-state index contributed by atoms with van der Waals surface area (Å²) in [7, 11) is 1.29. The summed E-state index contributed by atoms with van der Waals surface area (Å²) >= 11 is 0. The SMILES string of the molecule is COC(=O)c1ccc2c(c1)[N+](C(=O)O)(C(C)(C)C)N=C2. The van der Waals surface area contributed by atoms with Gasteiger partial charge in [-0.25, -0.2) is 4.79 Å². The number of benzene rings is 1. The van der Waals surface area contributed by atoms with Crippen LogP contribution in [0.4, 0.5) is 10.5 Å². The monoisotopic (exact) mass is 277 g/mol. The first-order valence-electron chi connectivity index (χ1n) is 6.15. The number of hydrogen-bond donors (Lipinski definition) is 1. The molecule has 1 atom stereocenters. The quantitative estimate of drug-likeness (QED) is 0.632. The normalized spacial score (nSPS) is 20.6. The number of carboxylic acid groups (broad SMARTS) is 1. The molecule has 0 spiro atoms. The lowest BCUT2D eigenvalue weighted by molar-refractivity contribution is 0.0599. The van der Waals surface area contributed by atoms with Gasteiger partial charge in [-0.15, -0.1) is 0 Å². The Morgan fingerprint density at radius 1 is 1.30 bits per heavy atom. The maximum absolute atomic E-state index is 11.8. The lowest BCUT2D eigenvalue weighted by Crippen LogP contribution is -2.60. The van der Waals surface area contributed by atoms with Crippen LogP contribution in [0.3, 0.4) is 0 Å².